The molecule has 3 aromatic heterocycles. The molecule has 0 aliphatic carbocycles. The van der Waals surface area contributed by atoms with Crippen molar-refractivity contribution in [1.82, 2.24) is 9.55 Å². The van der Waals surface area contributed by atoms with Gasteiger partial charge < -0.3 is 9.15 Å². The number of furan rings is 1. The Kier molecular flexibility index (Phi) is 7.70. The van der Waals surface area contributed by atoms with Crippen LogP contribution in [0.25, 0.3) is 16.3 Å². The highest BCUT2D eigenvalue weighted by Gasteiger charge is 2.33. The molecule has 0 saturated carbocycles. The van der Waals surface area contributed by atoms with E-state index in [0.29, 0.717) is 46.0 Å². The Balaban J connectivity index is 1.36. The summed E-state index contributed by atoms with van der Waals surface area (Å²) < 4.78 is 15.4. The zero-order chi connectivity index (χ0) is 29.5. The maximum atomic E-state index is 13.8. The van der Waals surface area contributed by atoms with Crippen LogP contribution in [0.1, 0.15) is 31.2 Å². The van der Waals surface area contributed by atoms with E-state index in [9.17, 15) is 19.7 Å². The Morgan fingerprint density at radius 2 is 2.07 bits per heavy atom. The number of hydrogen-bond acceptors (Lipinski definition) is 11. The highest BCUT2D eigenvalue weighted by atomic mass is 79.9. The van der Waals surface area contributed by atoms with Crippen molar-refractivity contribution >= 4 is 78.3 Å². The van der Waals surface area contributed by atoms with Gasteiger partial charge in [0, 0.05) is 22.7 Å². The fourth-order valence-electron chi connectivity index (χ4n) is 4.52. The quantitative estimate of drug-likeness (QED) is 0.119. The molecule has 0 radical (unpaired) electrons. The number of nitro benzene ring substituents is 1. The molecule has 1 aliphatic heterocycles. The monoisotopic (exact) mass is 682 g/mol. The summed E-state index contributed by atoms with van der Waals surface area (Å²) >= 11 is 7.32. The molecule has 0 unspecified atom stereocenters. The van der Waals surface area contributed by atoms with Crippen molar-refractivity contribution in [3.05, 3.63) is 111 Å². The summed E-state index contributed by atoms with van der Waals surface area (Å²) in [7, 11) is 0. The van der Waals surface area contributed by atoms with Crippen LogP contribution in [0.5, 0.6) is 0 Å². The molecule has 42 heavy (non-hydrogen) atoms. The van der Waals surface area contributed by atoms with Gasteiger partial charge in [-0.2, -0.15) is 0 Å². The number of halogens is 1. The van der Waals surface area contributed by atoms with Crippen molar-refractivity contribution in [2.24, 2.45) is 4.99 Å². The minimum atomic E-state index is -0.711. The summed E-state index contributed by atoms with van der Waals surface area (Å²) in [5.74, 6) is -0.0602. The smallest absolute Gasteiger partial charge is 0.338 e. The van der Waals surface area contributed by atoms with Gasteiger partial charge in [-0.1, -0.05) is 39.4 Å². The molecule has 1 atom stereocenters. The second-order valence-electron chi connectivity index (χ2n) is 9.01. The van der Waals surface area contributed by atoms with E-state index in [2.05, 4.69) is 25.9 Å². The summed E-state index contributed by atoms with van der Waals surface area (Å²) in [6.45, 7) is 3.67. The van der Waals surface area contributed by atoms with Crippen LogP contribution in [-0.4, -0.2) is 27.1 Å². The second-order valence-corrected chi connectivity index (χ2v) is 13.2. The lowest BCUT2D eigenvalue weighted by Gasteiger charge is -2.24. The van der Waals surface area contributed by atoms with Gasteiger partial charge in [0.05, 0.1) is 43.6 Å². The van der Waals surface area contributed by atoms with Gasteiger partial charge in [0.25, 0.3) is 11.2 Å². The van der Waals surface area contributed by atoms with Crippen LogP contribution in [0, 0.1) is 10.1 Å². The molecular formula is C28H19BrN4O6S3. The maximum Gasteiger partial charge on any atom is 0.338 e. The predicted molar refractivity (Wildman–Crippen MR) is 164 cm³/mol. The Labute approximate surface area is 258 Å². The normalized spacial score (nSPS) is 15.1. The average molecular weight is 684 g/mol. The van der Waals surface area contributed by atoms with Crippen molar-refractivity contribution in [3.63, 3.8) is 0 Å². The molecule has 0 fully saturated rings. The van der Waals surface area contributed by atoms with Crippen molar-refractivity contribution in [1.29, 1.82) is 0 Å². The fraction of sp³-hybridized carbons (Fsp3) is 0.143. The van der Waals surface area contributed by atoms with Gasteiger partial charge in [-0.25, -0.2) is 14.8 Å². The average Bonchev–Trinajstić information content (AvgIpc) is 3.65. The van der Waals surface area contributed by atoms with E-state index < -0.39 is 16.9 Å². The lowest BCUT2D eigenvalue weighted by Crippen LogP contribution is -2.39. The number of carbonyl (C=O) groups is 1. The first-order chi connectivity index (χ1) is 20.2. The Morgan fingerprint density at radius 1 is 1.24 bits per heavy atom. The Bertz CT molecular complexity index is 2110. The molecule has 0 amide bonds. The van der Waals surface area contributed by atoms with Gasteiger partial charge in [0.2, 0.25) is 0 Å². The number of ether oxygens (including phenoxy) is 1. The summed E-state index contributed by atoms with van der Waals surface area (Å²) in [5.41, 5.74) is 1.91. The number of nitrogens with zero attached hydrogens (tertiary/aromatic N) is 4. The number of non-ortho nitro benzene ring substituents is 1. The molecule has 6 rings (SSSR count). The lowest BCUT2D eigenvalue weighted by molar-refractivity contribution is -0.384. The molecular weight excluding hydrogens is 664 g/mol. The number of aromatic nitrogens is 2. The van der Waals surface area contributed by atoms with Gasteiger partial charge in [-0.05, 0) is 61.5 Å². The highest BCUT2D eigenvalue weighted by Crippen LogP contribution is 2.36. The second kappa shape index (κ2) is 11.4. The molecule has 14 heteroatoms. The number of rotatable bonds is 7. The predicted octanol–water partition coefficient (Wildman–Crippen LogP) is 5.82. The van der Waals surface area contributed by atoms with Gasteiger partial charge >= 0.3 is 5.97 Å². The van der Waals surface area contributed by atoms with Crippen molar-refractivity contribution in [2.45, 2.75) is 29.3 Å². The molecule has 1 aliphatic rings. The third-order valence-corrected chi connectivity index (χ3v) is 9.78. The summed E-state index contributed by atoms with van der Waals surface area (Å²) in [4.78, 5) is 47.1. The molecule has 10 nitrogen and oxygen atoms in total. The zero-order valence-corrected chi connectivity index (χ0v) is 25.9. The fourth-order valence-corrected chi connectivity index (χ4v) is 7.96. The maximum absolute atomic E-state index is 13.8. The van der Waals surface area contributed by atoms with Gasteiger partial charge in [0.15, 0.2) is 14.2 Å². The van der Waals surface area contributed by atoms with Crippen molar-refractivity contribution in [3.8, 4) is 0 Å². The Morgan fingerprint density at radius 3 is 2.83 bits per heavy atom. The van der Waals surface area contributed by atoms with Crippen LogP contribution in [0.4, 0.5) is 5.69 Å². The van der Waals surface area contributed by atoms with Crippen LogP contribution in [0.15, 0.2) is 94.0 Å². The number of carbonyl (C=O) groups excluding carboxylic acids is 1. The van der Waals surface area contributed by atoms with Crippen molar-refractivity contribution in [2.75, 3.05) is 6.61 Å². The number of benzene rings is 2. The first-order valence-electron chi connectivity index (χ1n) is 12.5. The number of nitro groups is 1. The van der Waals surface area contributed by atoms with Gasteiger partial charge in [-0.3, -0.25) is 19.5 Å². The molecule has 5 aromatic rings. The number of esters is 1. The largest absolute Gasteiger partial charge is 0.463 e. The summed E-state index contributed by atoms with van der Waals surface area (Å²) in [6, 6.07) is 14.8. The van der Waals surface area contributed by atoms with E-state index in [-0.39, 0.29) is 17.9 Å². The van der Waals surface area contributed by atoms with Gasteiger partial charge in [-0.15, -0.1) is 11.3 Å². The molecule has 0 bridgehead atoms. The standard InChI is InChI=1S/C28H19BrN4O6S3/c1-3-38-26(35)23-14(2)30-27-32(24(23)15-5-4-6-16(29)11-15)25(34)21(40-27)13-18-8-10-22(39-18)42-28-31-19-9-7-17(33(36)37)12-20(19)41-28/h4-13,24H,3H2,1-2H3/b21-13-/t24-/m1/s1. The number of hydrogen-bond donors (Lipinski definition) is 0. The van der Waals surface area contributed by atoms with E-state index in [1.807, 2.05) is 24.3 Å². The molecule has 4 heterocycles. The van der Waals surface area contributed by atoms with E-state index >= 15 is 0 Å². The zero-order valence-electron chi connectivity index (χ0n) is 21.9. The van der Waals surface area contributed by atoms with Crippen molar-refractivity contribution < 1.29 is 18.9 Å². The first kappa shape index (κ1) is 28.3. The third-order valence-electron chi connectivity index (χ3n) is 6.31. The van der Waals surface area contributed by atoms with Crippen LogP contribution >= 0.6 is 50.4 Å². The molecule has 2 aromatic carbocycles. The minimum absolute atomic E-state index is 0.0103. The lowest BCUT2D eigenvalue weighted by atomic mass is 9.96. The Hall–Kier alpha value is -3.85. The van der Waals surface area contributed by atoms with E-state index in [1.54, 1.807) is 38.1 Å². The topological polar surface area (TPSA) is 130 Å². The van der Waals surface area contributed by atoms with E-state index in [1.165, 1.54) is 51.1 Å². The van der Waals surface area contributed by atoms with E-state index in [0.717, 1.165) is 10.0 Å². The number of fused-ring (bicyclic) bond motifs is 2. The van der Waals surface area contributed by atoms with Gasteiger partial charge in [0.1, 0.15) is 5.76 Å². The third kappa shape index (κ3) is 5.38. The minimum Gasteiger partial charge on any atom is -0.463 e. The van der Waals surface area contributed by atoms with Crippen LogP contribution in [0.2, 0.25) is 0 Å². The van der Waals surface area contributed by atoms with Crippen LogP contribution in [0.3, 0.4) is 0 Å². The number of allylic oxidation sites excluding steroid dienone is 1. The molecule has 212 valence electrons. The first-order valence-corrected chi connectivity index (χ1v) is 15.7. The summed E-state index contributed by atoms with van der Waals surface area (Å²) in [5, 5.41) is 11.6. The number of thiazole rings is 2. The van der Waals surface area contributed by atoms with Crippen LogP contribution in [-0.2, 0) is 9.53 Å². The summed E-state index contributed by atoms with van der Waals surface area (Å²) in [6.07, 6.45) is 1.65. The van der Waals surface area contributed by atoms with Crippen LogP contribution < -0.4 is 14.9 Å². The SMILES string of the molecule is CCOC(=O)C1=C(C)N=c2s/c(=C\c3ccc(Sc4nc5ccc([N+](=O)[O-])cc5s4)o3)c(=O)n2[C@@H]1c1cccc(Br)c1. The highest BCUT2D eigenvalue weighted by molar-refractivity contribution is 9.10. The molecule has 0 spiro atoms. The molecule has 0 saturated heterocycles. The molecule has 0 N–H and O–H groups in total. The van der Waals surface area contributed by atoms with E-state index in [4.69, 9.17) is 9.15 Å².